The molecule has 3 nitrogen and oxygen atoms in total. The van der Waals surface area contributed by atoms with Crippen molar-refractivity contribution in [2.24, 2.45) is 0 Å². The van der Waals surface area contributed by atoms with Crippen molar-refractivity contribution >= 4 is 29.2 Å². The monoisotopic (exact) mass is 283 g/mol. The van der Waals surface area contributed by atoms with Gasteiger partial charge in [0, 0.05) is 11.4 Å². The van der Waals surface area contributed by atoms with E-state index in [1.54, 1.807) is 35.8 Å². The van der Waals surface area contributed by atoms with Gasteiger partial charge in [-0.05, 0) is 32.0 Å². The van der Waals surface area contributed by atoms with Crippen LogP contribution in [0.2, 0.25) is 10.0 Å². The molecule has 1 aromatic carbocycles. The van der Waals surface area contributed by atoms with E-state index in [2.05, 4.69) is 0 Å². The lowest BCUT2D eigenvalue weighted by Crippen LogP contribution is -2.03. The molecule has 0 saturated heterocycles. The van der Waals surface area contributed by atoms with Gasteiger partial charge >= 0.3 is 5.97 Å². The number of hydrogen-bond acceptors (Lipinski definition) is 1. The van der Waals surface area contributed by atoms with Crippen molar-refractivity contribution in [3.8, 4) is 5.69 Å². The molecule has 0 bridgehead atoms. The molecule has 0 aliphatic rings. The van der Waals surface area contributed by atoms with Crippen LogP contribution in [0.1, 0.15) is 21.7 Å². The van der Waals surface area contributed by atoms with Crippen LogP contribution in [0.25, 0.3) is 5.69 Å². The minimum Gasteiger partial charge on any atom is -0.478 e. The highest BCUT2D eigenvalue weighted by Gasteiger charge is 2.17. The molecule has 0 aliphatic heterocycles. The standard InChI is InChI=1S/C13H11Cl2NO2/c1-7-6-9(13(17)18)8(2)16(7)11-5-3-4-10(14)12(11)15/h3-6H,1-2H3,(H,17,18). The van der Waals surface area contributed by atoms with E-state index in [9.17, 15) is 4.79 Å². The summed E-state index contributed by atoms with van der Waals surface area (Å²) < 4.78 is 1.79. The van der Waals surface area contributed by atoms with Crippen molar-refractivity contribution in [3.63, 3.8) is 0 Å². The molecule has 0 atom stereocenters. The molecular formula is C13H11Cl2NO2. The van der Waals surface area contributed by atoms with E-state index in [1.807, 2.05) is 6.92 Å². The maximum absolute atomic E-state index is 11.1. The molecule has 0 fully saturated rings. The molecule has 1 aromatic heterocycles. The first-order valence-electron chi connectivity index (χ1n) is 5.30. The fraction of sp³-hybridized carbons (Fsp3) is 0.154. The lowest BCUT2D eigenvalue weighted by atomic mass is 10.2. The van der Waals surface area contributed by atoms with Crippen LogP contribution in [-0.4, -0.2) is 15.6 Å². The van der Waals surface area contributed by atoms with Gasteiger partial charge in [-0.15, -0.1) is 0 Å². The Morgan fingerprint density at radius 1 is 1.28 bits per heavy atom. The van der Waals surface area contributed by atoms with Crippen LogP contribution in [0, 0.1) is 13.8 Å². The van der Waals surface area contributed by atoms with Gasteiger partial charge in [-0.3, -0.25) is 0 Å². The summed E-state index contributed by atoms with van der Waals surface area (Å²) in [5, 5.41) is 9.96. The fourth-order valence-corrected chi connectivity index (χ4v) is 2.40. The van der Waals surface area contributed by atoms with Gasteiger partial charge in [-0.25, -0.2) is 4.79 Å². The highest BCUT2D eigenvalue weighted by Crippen LogP contribution is 2.31. The Morgan fingerprint density at radius 3 is 2.50 bits per heavy atom. The van der Waals surface area contributed by atoms with Gasteiger partial charge in [0.2, 0.25) is 0 Å². The second kappa shape index (κ2) is 4.67. The van der Waals surface area contributed by atoms with E-state index >= 15 is 0 Å². The maximum Gasteiger partial charge on any atom is 0.337 e. The topological polar surface area (TPSA) is 42.2 Å². The third-order valence-electron chi connectivity index (χ3n) is 2.83. The molecule has 1 heterocycles. The number of aryl methyl sites for hydroxylation is 1. The second-order valence-electron chi connectivity index (χ2n) is 4.00. The zero-order valence-electron chi connectivity index (χ0n) is 9.87. The number of halogens is 2. The SMILES string of the molecule is Cc1cc(C(=O)O)c(C)n1-c1cccc(Cl)c1Cl. The van der Waals surface area contributed by atoms with Gasteiger partial charge in [0.05, 0.1) is 21.3 Å². The molecule has 1 N–H and O–H groups in total. The Hall–Kier alpha value is -1.45. The Kier molecular flexibility index (Phi) is 3.37. The largest absolute Gasteiger partial charge is 0.478 e. The number of rotatable bonds is 2. The number of aromatic nitrogens is 1. The summed E-state index contributed by atoms with van der Waals surface area (Å²) in [4.78, 5) is 11.1. The number of benzene rings is 1. The molecule has 2 rings (SSSR count). The van der Waals surface area contributed by atoms with E-state index in [-0.39, 0.29) is 5.56 Å². The lowest BCUT2D eigenvalue weighted by Gasteiger charge is -2.12. The molecule has 5 heteroatoms. The fourth-order valence-electron chi connectivity index (χ4n) is 2.02. The average molecular weight is 284 g/mol. The van der Waals surface area contributed by atoms with Crippen LogP contribution in [-0.2, 0) is 0 Å². The van der Waals surface area contributed by atoms with Gasteiger partial charge < -0.3 is 9.67 Å². The number of carboxylic acids is 1. The molecule has 0 aliphatic carbocycles. The van der Waals surface area contributed by atoms with Crippen LogP contribution >= 0.6 is 23.2 Å². The number of nitrogens with zero attached hydrogens (tertiary/aromatic N) is 1. The summed E-state index contributed by atoms with van der Waals surface area (Å²) in [6, 6.07) is 6.90. The van der Waals surface area contributed by atoms with E-state index in [0.29, 0.717) is 21.4 Å². The Balaban J connectivity index is 2.72. The Bertz CT molecular complexity index is 632. The number of hydrogen-bond donors (Lipinski definition) is 1. The van der Waals surface area contributed by atoms with E-state index < -0.39 is 5.97 Å². The lowest BCUT2D eigenvalue weighted by molar-refractivity contribution is 0.0696. The summed E-state index contributed by atoms with van der Waals surface area (Å²) >= 11 is 12.1. The van der Waals surface area contributed by atoms with Crippen molar-refractivity contribution in [2.75, 3.05) is 0 Å². The molecule has 94 valence electrons. The Labute approximate surface area is 115 Å². The van der Waals surface area contributed by atoms with Gasteiger partial charge in [0.15, 0.2) is 0 Å². The highest BCUT2D eigenvalue weighted by atomic mass is 35.5. The smallest absolute Gasteiger partial charge is 0.337 e. The minimum atomic E-state index is -0.951. The first kappa shape index (κ1) is 13.0. The third kappa shape index (κ3) is 2.00. The zero-order valence-corrected chi connectivity index (χ0v) is 11.4. The second-order valence-corrected chi connectivity index (χ2v) is 4.78. The van der Waals surface area contributed by atoms with Gasteiger partial charge in [-0.1, -0.05) is 29.3 Å². The molecule has 0 spiro atoms. The summed E-state index contributed by atoms with van der Waals surface area (Å²) in [6.07, 6.45) is 0. The van der Waals surface area contributed by atoms with Crippen molar-refractivity contribution in [1.82, 2.24) is 4.57 Å². The first-order valence-corrected chi connectivity index (χ1v) is 6.05. The van der Waals surface area contributed by atoms with E-state index in [0.717, 1.165) is 5.69 Å². The summed E-state index contributed by atoms with van der Waals surface area (Å²) in [7, 11) is 0. The predicted molar refractivity (Wildman–Crippen MR) is 72.2 cm³/mol. The van der Waals surface area contributed by atoms with Crippen LogP contribution in [0.3, 0.4) is 0 Å². The Morgan fingerprint density at radius 2 is 1.94 bits per heavy atom. The summed E-state index contributed by atoms with van der Waals surface area (Å²) in [5.41, 5.74) is 2.38. The van der Waals surface area contributed by atoms with E-state index in [4.69, 9.17) is 28.3 Å². The van der Waals surface area contributed by atoms with Crippen molar-refractivity contribution in [1.29, 1.82) is 0 Å². The molecule has 0 unspecified atom stereocenters. The first-order chi connectivity index (χ1) is 8.43. The maximum atomic E-state index is 11.1. The van der Waals surface area contributed by atoms with Crippen molar-refractivity contribution in [3.05, 3.63) is 51.3 Å². The van der Waals surface area contributed by atoms with Crippen LogP contribution in [0.15, 0.2) is 24.3 Å². The average Bonchev–Trinajstić information content (AvgIpc) is 2.59. The normalized spacial score (nSPS) is 10.7. The van der Waals surface area contributed by atoms with Crippen LogP contribution in [0.5, 0.6) is 0 Å². The number of aromatic carboxylic acids is 1. The molecular weight excluding hydrogens is 273 g/mol. The minimum absolute atomic E-state index is 0.267. The third-order valence-corrected chi connectivity index (χ3v) is 3.64. The summed E-state index contributed by atoms with van der Waals surface area (Å²) in [5.74, 6) is -0.951. The molecule has 2 aromatic rings. The highest BCUT2D eigenvalue weighted by molar-refractivity contribution is 6.43. The quantitative estimate of drug-likeness (QED) is 0.902. The molecule has 0 radical (unpaired) electrons. The molecule has 0 saturated carbocycles. The van der Waals surface area contributed by atoms with Crippen LogP contribution < -0.4 is 0 Å². The van der Waals surface area contributed by atoms with Gasteiger partial charge in [-0.2, -0.15) is 0 Å². The van der Waals surface area contributed by atoms with Gasteiger partial charge in [0.25, 0.3) is 0 Å². The van der Waals surface area contributed by atoms with Crippen LogP contribution in [0.4, 0.5) is 0 Å². The zero-order chi connectivity index (χ0) is 13.4. The summed E-state index contributed by atoms with van der Waals surface area (Å²) in [6.45, 7) is 3.57. The van der Waals surface area contributed by atoms with Gasteiger partial charge in [0.1, 0.15) is 0 Å². The number of carboxylic acid groups (broad SMARTS) is 1. The van der Waals surface area contributed by atoms with E-state index in [1.165, 1.54) is 0 Å². The molecule has 18 heavy (non-hydrogen) atoms. The van der Waals surface area contributed by atoms with Crippen molar-refractivity contribution < 1.29 is 9.90 Å². The number of carbonyl (C=O) groups is 1. The van der Waals surface area contributed by atoms with Crippen molar-refractivity contribution in [2.45, 2.75) is 13.8 Å². The molecule has 0 amide bonds. The predicted octanol–water partition coefficient (Wildman–Crippen LogP) is 4.10.